The van der Waals surface area contributed by atoms with Crippen LogP contribution in [0.25, 0.3) is 5.69 Å². The molecule has 0 N–H and O–H groups in total. The summed E-state index contributed by atoms with van der Waals surface area (Å²) in [5, 5.41) is 8.51. The van der Waals surface area contributed by atoms with E-state index in [1.54, 1.807) is 13.4 Å². The second kappa shape index (κ2) is 7.84. The Hall–Kier alpha value is -2.12. The van der Waals surface area contributed by atoms with Crippen LogP contribution in [0.4, 0.5) is 0 Å². The van der Waals surface area contributed by atoms with Crippen LogP contribution in [0.1, 0.15) is 17.3 Å². The summed E-state index contributed by atoms with van der Waals surface area (Å²) in [7, 11) is 1.62. The lowest BCUT2D eigenvalue weighted by Crippen LogP contribution is -2.14. The van der Waals surface area contributed by atoms with Gasteiger partial charge in [-0.15, -0.1) is 10.2 Å². The van der Waals surface area contributed by atoms with Crippen molar-refractivity contribution < 1.29 is 9.53 Å². The molecule has 0 aliphatic heterocycles. The van der Waals surface area contributed by atoms with E-state index in [9.17, 15) is 4.79 Å². The molecule has 128 valence electrons. The molecule has 0 bridgehead atoms. The second-order valence-electron chi connectivity index (χ2n) is 5.32. The molecule has 0 amide bonds. The first-order valence-electron chi connectivity index (χ1n) is 7.59. The first-order valence-corrected chi connectivity index (χ1v) is 9.26. The molecular formula is C18H16BrN3O2S. The number of hydrogen-bond acceptors (Lipinski definition) is 5. The van der Waals surface area contributed by atoms with Crippen molar-refractivity contribution in [1.82, 2.24) is 14.8 Å². The lowest BCUT2D eigenvalue weighted by atomic mass is 10.1. The van der Waals surface area contributed by atoms with Gasteiger partial charge in [0.2, 0.25) is 0 Å². The molecular weight excluding hydrogens is 402 g/mol. The third-order valence-electron chi connectivity index (χ3n) is 3.63. The third kappa shape index (κ3) is 4.11. The standard InChI is InChI=1S/C18H16BrN3O2S/c1-12(17(23)13-6-8-14(19)9-7-13)25-18-21-20-11-22(18)15-4-3-5-16(10-15)24-2/h3-12H,1-2H3. The van der Waals surface area contributed by atoms with Crippen LogP contribution in [0.5, 0.6) is 5.75 Å². The van der Waals surface area contributed by atoms with Crippen molar-refractivity contribution in [3.05, 3.63) is 64.9 Å². The molecule has 1 aromatic heterocycles. The van der Waals surface area contributed by atoms with Crippen LogP contribution in [-0.4, -0.2) is 32.9 Å². The van der Waals surface area contributed by atoms with Gasteiger partial charge in [0.1, 0.15) is 12.1 Å². The van der Waals surface area contributed by atoms with Crippen molar-refractivity contribution in [3.8, 4) is 11.4 Å². The lowest BCUT2D eigenvalue weighted by Gasteiger charge is -2.12. The fourth-order valence-electron chi connectivity index (χ4n) is 2.30. The Labute approximate surface area is 158 Å². The second-order valence-corrected chi connectivity index (χ2v) is 7.54. The van der Waals surface area contributed by atoms with E-state index in [1.165, 1.54) is 11.8 Å². The van der Waals surface area contributed by atoms with E-state index in [0.29, 0.717) is 10.7 Å². The predicted molar refractivity (Wildman–Crippen MR) is 102 cm³/mol. The summed E-state index contributed by atoms with van der Waals surface area (Å²) in [6.07, 6.45) is 1.63. The molecule has 2 aromatic carbocycles. The van der Waals surface area contributed by atoms with Gasteiger partial charge in [-0.05, 0) is 31.2 Å². The van der Waals surface area contributed by atoms with Crippen LogP contribution in [-0.2, 0) is 0 Å². The van der Waals surface area contributed by atoms with E-state index in [4.69, 9.17) is 4.74 Å². The highest BCUT2D eigenvalue weighted by molar-refractivity contribution is 9.10. The van der Waals surface area contributed by atoms with Gasteiger partial charge in [0.25, 0.3) is 0 Å². The molecule has 7 heteroatoms. The monoisotopic (exact) mass is 417 g/mol. The van der Waals surface area contributed by atoms with Crippen molar-refractivity contribution in [2.24, 2.45) is 0 Å². The van der Waals surface area contributed by atoms with Crippen molar-refractivity contribution in [3.63, 3.8) is 0 Å². The van der Waals surface area contributed by atoms with E-state index >= 15 is 0 Å². The summed E-state index contributed by atoms with van der Waals surface area (Å²) >= 11 is 4.76. The summed E-state index contributed by atoms with van der Waals surface area (Å²) in [4.78, 5) is 12.6. The maximum Gasteiger partial charge on any atom is 0.196 e. The molecule has 0 saturated heterocycles. The van der Waals surface area contributed by atoms with Gasteiger partial charge in [-0.25, -0.2) is 0 Å². The van der Waals surface area contributed by atoms with Gasteiger partial charge >= 0.3 is 0 Å². The largest absolute Gasteiger partial charge is 0.497 e. The highest BCUT2D eigenvalue weighted by atomic mass is 79.9. The minimum Gasteiger partial charge on any atom is -0.497 e. The highest BCUT2D eigenvalue weighted by Gasteiger charge is 2.20. The van der Waals surface area contributed by atoms with E-state index < -0.39 is 0 Å². The Morgan fingerprint density at radius 1 is 1.24 bits per heavy atom. The number of ketones is 1. The molecule has 0 saturated carbocycles. The fraction of sp³-hybridized carbons (Fsp3) is 0.167. The number of thioether (sulfide) groups is 1. The van der Waals surface area contributed by atoms with Gasteiger partial charge in [0.15, 0.2) is 10.9 Å². The molecule has 0 aliphatic rings. The van der Waals surface area contributed by atoms with Crippen molar-refractivity contribution in [2.75, 3.05) is 7.11 Å². The molecule has 0 radical (unpaired) electrons. The smallest absolute Gasteiger partial charge is 0.196 e. The summed E-state index contributed by atoms with van der Waals surface area (Å²) in [6, 6.07) is 15.0. The SMILES string of the molecule is COc1cccc(-n2cnnc2SC(C)C(=O)c2ccc(Br)cc2)c1. The Kier molecular flexibility index (Phi) is 5.55. The van der Waals surface area contributed by atoms with Crippen LogP contribution >= 0.6 is 27.7 Å². The average Bonchev–Trinajstić information content (AvgIpc) is 3.10. The summed E-state index contributed by atoms with van der Waals surface area (Å²) < 4.78 is 8.05. The molecule has 0 aliphatic carbocycles. The van der Waals surface area contributed by atoms with Gasteiger partial charge in [-0.1, -0.05) is 45.9 Å². The zero-order valence-electron chi connectivity index (χ0n) is 13.7. The molecule has 25 heavy (non-hydrogen) atoms. The number of nitrogens with zero attached hydrogens (tertiary/aromatic N) is 3. The van der Waals surface area contributed by atoms with Crippen molar-refractivity contribution in [1.29, 1.82) is 0 Å². The highest BCUT2D eigenvalue weighted by Crippen LogP contribution is 2.27. The van der Waals surface area contributed by atoms with E-state index in [-0.39, 0.29) is 11.0 Å². The molecule has 1 unspecified atom stereocenters. The number of carbonyl (C=O) groups is 1. The molecule has 5 nitrogen and oxygen atoms in total. The summed E-state index contributed by atoms with van der Waals surface area (Å²) in [5.74, 6) is 0.804. The zero-order chi connectivity index (χ0) is 17.8. The van der Waals surface area contributed by atoms with E-state index in [1.807, 2.05) is 60.0 Å². The number of halogens is 1. The number of benzene rings is 2. The fourth-order valence-corrected chi connectivity index (χ4v) is 3.49. The van der Waals surface area contributed by atoms with Crippen molar-refractivity contribution in [2.45, 2.75) is 17.3 Å². The summed E-state index contributed by atoms with van der Waals surface area (Å²) in [6.45, 7) is 1.87. The Bertz CT molecular complexity index is 880. The molecule has 0 spiro atoms. The van der Waals surface area contributed by atoms with Gasteiger partial charge in [-0.3, -0.25) is 9.36 Å². The van der Waals surface area contributed by atoms with Gasteiger partial charge in [0, 0.05) is 16.1 Å². The minimum atomic E-state index is -0.283. The van der Waals surface area contributed by atoms with Crippen LogP contribution in [0.3, 0.4) is 0 Å². The molecule has 1 atom stereocenters. The number of aromatic nitrogens is 3. The number of carbonyl (C=O) groups excluding carboxylic acids is 1. The summed E-state index contributed by atoms with van der Waals surface area (Å²) in [5.41, 5.74) is 1.56. The Balaban J connectivity index is 1.80. The first kappa shape index (κ1) is 17.7. The van der Waals surface area contributed by atoms with Gasteiger partial charge in [0.05, 0.1) is 18.0 Å². The third-order valence-corrected chi connectivity index (χ3v) is 5.21. The van der Waals surface area contributed by atoms with Crippen molar-refractivity contribution >= 4 is 33.5 Å². The van der Waals surface area contributed by atoms with Gasteiger partial charge in [-0.2, -0.15) is 0 Å². The van der Waals surface area contributed by atoms with Crippen LogP contribution < -0.4 is 4.74 Å². The number of Topliss-reactive ketones (excluding diaryl/α,β-unsaturated/α-hetero) is 1. The first-order chi connectivity index (χ1) is 12.1. The average molecular weight is 418 g/mol. The Morgan fingerprint density at radius 3 is 2.72 bits per heavy atom. The predicted octanol–water partition coefficient (Wildman–Crippen LogP) is 4.40. The van der Waals surface area contributed by atoms with Crippen LogP contribution in [0, 0.1) is 0 Å². The van der Waals surface area contributed by atoms with Gasteiger partial charge < -0.3 is 4.74 Å². The topological polar surface area (TPSA) is 57.0 Å². The maximum atomic E-state index is 12.6. The lowest BCUT2D eigenvalue weighted by molar-refractivity contribution is 0.0994. The van der Waals surface area contributed by atoms with Crippen LogP contribution in [0.15, 0.2) is 64.5 Å². The van der Waals surface area contributed by atoms with Crippen LogP contribution in [0.2, 0.25) is 0 Å². The molecule has 1 heterocycles. The quantitative estimate of drug-likeness (QED) is 0.439. The molecule has 3 rings (SSSR count). The zero-order valence-corrected chi connectivity index (χ0v) is 16.1. The number of rotatable bonds is 6. The minimum absolute atomic E-state index is 0.0534. The molecule has 0 fully saturated rings. The number of ether oxygens (including phenoxy) is 1. The normalized spacial score (nSPS) is 12.0. The maximum absolute atomic E-state index is 12.6. The molecule has 3 aromatic rings. The number of hydrogen-bond donors (Lipinski definition) is 0. The number of methoxy groups -OCH3 is 1. The Morgan fingerprint density at radius 2 is 2.00 bits per heavy atom. The van der Waals surface area contributed by atoms with E-state index in [2.05, 4.69) is 26.1 Å². The van der Waals surface area contributed by atoms with E-state index in [0.717, 1.165) is 15.9 Å².